The number of nitrogens with zero attached hydrogens (tertiary/aromatic N) is 2. The van der Waals surface area contributed by atoms with Crippen LogP contribution in [0.4, 0.5) is 4.39 Å². The highest BCUT2D eigenvalue weighted by Crippen LogP contribution is 2.26. The van der Waals surface area contributed by atoms with E-state index >= 15 is 0 Å². The monoisotopic (exact) mass is 344 g/mol. The van der Waals surface area contributed by atoms with Crippen molar-refractivity contribution in [3.63, 3.8) is 0 Å². The van der Waals surface area contributed by atoms with Gasteiger partial charge in [0.1, 0.15) is 17.3 Å². The van der Waals surface area contributed by atoms with E-state index in [1.807, 2.05) is 29.2 Å². The van der Waals surface area contributed by atoms with Crippen molar-refractivity contribution in [2.24, 2.45) is 0 Å². The number of nitriles is 1. The topological polar surface area (TPSA) is 65.7 Å². The van der Waals surface area contributed by atoms with E-state index in [0.29, 0.717) is 42.3 Å². The zero-order chi connectivity index (χ0) is 18.2. The van der Waals surface area contributed by atoms with E-state index in [-0.39, 0.29) is 6.61 Å². The molecule has 2 aromatic carbocycles. The number of ether oxygens (including phenoxy) is 2. The zero-order valence-corrected chi connectivity index (χ0v) is 14.3. The number of halogens is 1. The molecule has 0 saturated heterocycles. The number of rotatable bonds is 8. The first-order valence-corrected chi connectivity index (χ1v) is 7.84. The van der Waals surface area contributed by atoms with Crippen LogP contribution in [0.2, 0.25) is 0 Å². The van der Waals surface area contributed by atoms with Crippen LogP contribution in [0.3, 0.4) is 0 Å². The van der Waals surface area contributed by atoms with Crippen LogP contribution in [0.5, 0.6) is 11.5 Å². The second-order valence-electron chi connectivity index (χ2n) is 5.53. The van der Waals surface area contributed by atoms with E-state index in [2.05, 4.69) is 0 Å². The molecule has 0 aliphatic rings. The third-order valence-corrected chi connectivity index (χ3v) is 3.88. The molecule has 0 fully saturated rings. The lowest BCUT2D eigenvalue weighted by atomic mass is 10.1. The predicted molar refractivity (Wildman–Crippen MR) is 91.9 cm³/mol. The Morgan fingerprint density at radius 3 is 2.48 bits per heavy atom. The van der Waals surface area contributed by atoms with Crippen LogP contribution in [0, 0.1) is 17.1 Å². The van der Waals surface area contributed by atoms with Gasteiger partial charge in [-0.25, -0.2) is 4.39 Å². The van der Waals surface area contributed by atoms with Crippen molar-refractivity contribution in [2.45, 2.75) is 13.1 Å². The van der Waals surface area contributed by atoms with Gasteiger partial charge in [0, 0.05) is 25.2 Å². The minimum absolute atomic E-state index is 0.0324. The number of hydrogen-bond donors (Lipinski definition) is 1. The largest absolute Gasteiger partial charge is 0.497 e. The fraction of sp³-hybridized carbons (Fsp3) is 0.316. The molecule has 2 rings (SSSR count). The molecule has 0 aliphatic carbocycles. The van der Waals surface area contributed by atoms with E-state index in [9.17, 15) is 14.8 Å². The molecule has 0 unspecified atom stereocenters. The molecule has 0 radical (unpaired) electrons. The Kier molecular flexibility index (Phi) is 6.75. The quantitative estimate of drug-likeness (QED) is 0.798. The van der Waals surface area contributed by atoms with Gasteiger partial charge in [0.2, 0.25) is 0 Å². The van der Waals surface area contributed by atoms with Gasteiger partial charge in [-0.2, -0.15) is 5.26 Å². The molecular formula is C19H21FN2O3. The third kappa shape index (κ3) is 4.92. The van der Waals surface area contributed by atoms with Gasteiger partial charge in [-0.3, -0.25) is 4.90 Å². The Hall–Kier alpha value is -2.62. The Morgan fingerprint density at radius 2 is 1.84 bits per heavy atom. The van der Waals surface area contributed by atoms with Crippen LogP contribution in [-0.4, -0.2) is 37.4 Å². The standard InChI is InChI=1S/C19H21FN2O3/c1-24-18-5-6-19(25-2)16(10-18)13-22(7-8-23)12-14-3-4-17(20)9-15(14)11-21/h3-6,9-10,23H,7-8,12-13H2,1-2H3. The highest BCUT2D eigenvalue weighted by molar-refractivity contribution is 5.41. The van der Waals surface area contributed by atoms with Crippen molar-refractivity contribution in [3.05, 3.63) is 58.9 Å². The summed E-state index contributed by atoms with van der Waals surface area (Å²) in [5, 5.41) is 18.6. The fourth-order valence-electron chi connectivity index (χ4n) is 2.63. The van der Waals surface area contributed by atoms with Gasteiger partial charge in [-0.15, -0.1) is 0 Å². The summed E-state index contributed by atoms with van der Waals surface area (Å²) in [6.07, 6.45) is 0. The van der Waals surface area contributed by atoms with Crippen molar-refractivity contribution >= 4 is 0 Å². The maximum Gasteiger partial charge on any atom is 0.124 e. The Bertz CT molecular complexity index is 759. The molecule has 5 nitrogen and oxygen atoms in total. The Morgan fingerprint density at radius 1 is 1.08 bits per heavy atom. The minimum atomic E-state index is -0.441. The molecule has 2 aromatic rings. The highest BCUT2D eigenvalue weighted by Gasteiger charge is 2.14. The average Bonchev–Trinajstić information content (AvgIpc) is 2.63. The van der Waals surface area contributed by atoms with Gasteiger partial charge >= 0.3 is 0 Å². The van der Waals surface area contributed by atoms with Crippen molar-refractivity contribution in [3.8, 4) is 17.6 Å². The second kappa shape index (κ2) is 9.02. The van der Waals surface area contributed by atoms with Gasteiger partial charge in [-0.05, 0) is 35.9 Å². The Labute approximate surface area is 146 Å². The molecule has 0 spiro atoms. The number of hydrogen-bond acceptors (Lipinski definition) is 5. The van der Waals surface area contributed by atoms with Gasteiger partial charge in [-0.1, -0.05) is 6.07 Å². The summed E-state index contributed by atoms with van der Waals surface area (Å²) in [4.78, 5) is 1.96. The lowest BCUT2D eigenvalue weighted by molar-refractivity contribution is 0.182. The van der Waals surface area contributed by atoms with E-state index in [1.165, 1.54) is 12.1 Å². The van der Waals surface area contributed by atoms with E-state index < -0.39 is 5.82 Å². The van der Waals surface area contributed by atoms with E-state index in [1.54, 1.807) is 20.3 Å². The minimum Gasteiger partial charge on any atom is -0.497 e. The summed E-state index contributed by atoms with van der Waals surface area (Å²) >= 11 is 0. The number of methoxy groups -OCH3 is 2. The highest BCUT2D eigenvalue weighted by atomic mass is 19.1. The summed E-state index contributed by atoms with van der Waals surface area (Å²) in [5.41, 5.74) is 1.90. The third-order valence-electron chi connectivity index (χ3n) is 3.88. The van der Waals surface area contributed by atoms with Crippen molar-refractivity contribution < 1.29 is 19.0 Å². The lowest BCUT2D eigenvalue weighted by Gasteiger charge is -2.23. The molecule has 0 aromatic heterocycles. The molecular weight excluding hydrogens is 323 g/mol. The molecule has 0 saturated carbocycles. The van der Waals surface area contributed by atoms with Crippen molar-refractivity contribution in [1.29, 1.82) is 5.26 Å². The van der Waals surface area contributed by atoms with Gasteiger partial charge in [0.25, 0.3) is 0 Å². The summed E-state index contributed by atoms with van der Waals surface area (Å²) in [6, 6.07) is 11.7. The van der Waals surface area contributed by atoms with E-state index in [4.69, 9.17) is 9.47 Å². The summed E-state index contributed by atoms with van der Waals surface area (Å²) in [7, 11) is 3.18. The van der Waals surface area contributed by atoms with Gasteiger partial charge < -0.3 is 14.6 Å². The van der Waals surface area contributed by atoms with Crippen LogP contribution in [0.15, 0.2) is 36.4 Å². The molecule has 6 heteroatoms. The zero-order valence-electron chi connectivity index (χ0n) is 14.3. The first-order chi connectivity index (χ1) is 12.1. The molecule has 25 heavy (non-hydrogen) atoms. The maximum absolute atomic E-state index is 13.3. The molecule has 0 heterocycles. The number of benzene rings is 2. The normalized spacial score (nSPS) is 10.6. The average molecular weight is 344 g/mol. The van der Waals surface area contributed by atoms with Gasteiger partial charge in [0.15, 0.2) is 0 Å². The maximum atomic E-state index is 13.3. The summed E-state index contributed by atoms with van der Waals surface area (Å²) < 4.78 is 24.0. The molecule has 1 N–H and O–H groups in total. The summed E-state index contributed by atoms with van der Waals surface area (Å²) in [5.74, 6) is 0.978. The van der Waals surface area contributed by atoms with Crippen LogP contribution >= 0.6 is 0 Å². The Balaban J connectivity index is 2.26. The first kappa shape index (κ1) is 18.7. The molecule has 0 bridgehead atoms. The number of aliphatic hydroxyl groups is 1. The smallest absolute Gasteiger partial charge is 0.124 e. The fourth-order valence-corrected chi connectivity index (χ4v) is 2.63. The van der Waals surface area contributed by atoms with Crippen LogP contribution in [0.25, 0.3) is 0 Å². The molecule has 0 amide bonds. The van der Waals surface area contributed by atoms with Gasteiger partial charge in [0.05, 0.1) is 32.5 Å². The van der Waals surface area contributed by atoms with Crippen molar-refractivity contribution in [1.82, 2.24) is 4.90 Å². The van der Waals surface area contributed by atoms with Crippen LogP contribution < -0.4 is 9.47 Å². The lowest BCUT2D eigenvalue weighted by Crippen LogP contribution is -2.26. The molecule has 0 aliphatic heterocycles. The first-order valence-electron chi connectivity index (χ1n) is 7.84. The van der Waals surface area contributed by atoms with E-state index in [0.717, 1.165) is 5.56 Å². The van der Waals surface area contributed by atoms with Crippen LogP contribution in [0.1, 0.15) is 16.7 Å². The molecule has 132 valence electrons. The SMILES string of the molecule is COc1ccc(OC)c(CN(CCO)Cc2ccc(F)cc2C#N)c1. The second-order valence-corrected chi connectivity index (χ2v) is 5.53. The summed E-state index contributed by atoms with van der Waals surface area (Å²) in [6.45, 7) is 1.27. The van der Waals surface area contributed by atoms with Crippen LogP contribution in [-0.2, 0) is 13.1 Å². The predicted octanol–water partition coefficient (Wildman–Crippen LogP) is 2.71. The number of aliphatic hydroxyl groups excluding tert-OH is 1. The molecule has 0 atom stereocenters. The van der Waals surface area contributed by atoms with Crippen molar-refractivity contribution in [2.75, 3.05) is 27.4 Å².